The minimum Gasteiger partial charge on any atom is -0.445 e. The Morgan fingerprint density at radius 2 is 1.72 bits per heavy atom. The fourth-order valence-corrected chi connectivity index (χ4v) is 4.71. The zero-order valence-electron chi connectivity index (χ0n) is 21.5. The number of amides is 3. The van der Waals surface area contributed by atoms with E-state index in [9.17, 15) is 14.4 Å². The summed E-state index contributed by atoms with van der Waals surface area (Å²) in [5.74, 6) is -0.102. The van der Waals surface area contributed by atoms with Crippen LogP contribution in [-0.4, -0.2) is 64.6 Å². The molecule has 0 radical (unpaired) electrons. The van der Waals surface area contributed by atoms with Crippen molar-refractivity contribution in [1.82, 2.24) is 14.7 Å². The van der Waals surface area contributed by atoms with Gasteiger partial charge >= 0.3 is 12.2 Å². The van der Waals surface area contributed by atoms with Crippen LogP contribution < -0.4 is 0 Å². The molecule has 2 heterocycles. The summed E-state index contributed by atoms with van der Waals surface area (Å²) in [6, 6.07) is 15.4. The summed E-state index contributed by atoms with van der Waals surface area (Å²) >= 11 is 0. The zero-order chi connectivity index (χ0) is 25.9. The third-order valence-corrected chi connectivity index (χ3v) is 6.60. The normalized spacial score (nSPS) is 18.1. The molecule has 2 aromatic rings. The standard InChI is InChI=1S/C28H35N3O5/c1-20-23-12-8-11-22(24(23)13-14-31(20)27(34)36-28(2,3)4)17-29-15-16-30(18-25(29)32)26(33)35-19-21-9-6-5-7-10-21/h5-12,20H,13-19H2,1-4H3. The number of hydrogen-bond donors (Lipinski definition) is 0. The SMILES string of the molecule is CC1c2cccc(CN3CCN(C(=O)OCc4ccccc4)CC3=O)c2CCN1C(=O)OC(C)(C)C. The van der Waals surface area contributed by atoms with Crippen molar-refractivity contribution in [2.75, 3.05) is 26.2 Å². The van der Waals surface area contributed by atoms with Crippen LogP contribution in [0.4, 0.5) is 9.59 Å². The average molecular weight is 494 g/mol. The van der Waals surface area contributed by atoms with Gasteiger partial charge in [-0.25, -0.2) is 9.59 Å². The Bertz CT molecular complexity index is 1110. The lowest BCUT2D eigenvalue weighted by molar-refractivity contribution is -0.136. The third kappa shape index (κ3) is 5.98. The van der Waals surface area contributed by atoms with Crippen molar-refractivity contribution in [3.63, 3.8) is 0 Å². The molecule has 1 unspecified atom stereocenters. The summed E-state index contributed by atoms with van der Waals surface area (Å²) in [7, 11) is 0. The fourth-order valence-electron chi connectivity index (χ4n) is 4.71. The predicted molar refractivity (Wildman–Crippen MR) is 135 cm³/mol. The molecule has 36 heavy (non-hydrogen) atoms. The van der Waals surface area contributed by atoms with Crippen LogP contribution in [0.15, 0.2) is 48.5 Å². The number of piperazine rings is 1. The minimum atomic E-state index is -0.546. The Kier molecular flexibility index (Phi) is 7.52. The first-order chi connectivity index (χ1) is 17.1. The Morgan fingerprint density at radius 1 is 0.972 bits per heavy atom. The third-order valence-electron chi connectivity index (χ3n) is 6.60. The number of benzene rings is 2. The van der Waals surface area contributed by atoms with Crippen LogP contribution >= 0.6 is 0 Å². The van der Waals surface area contributed by atoms with E-state index in [1.54, 1.807) is 9.80 Å². The second-order valence-electron chi connectivity index (χ2n) is 10.4. The molecule has 1 atom stereocenters. The van der Waals surface area contributed by atoms with Crippen LogP contribution in [0.3, 0.4) is 0 Å². The van der Waals surface area contributed by atoms with Gasteiger partial charge in [-0.05, 0) is 56.4 Å². The van der Waals surface area contributed by atoms with E-state index >= 15 is 0 Å². The zero-order valence-corrected chi connectivity index (χ0v) is 21.5. The number of ether oxygens (including phenoxy) is 2. The van der Waals surface area contributed by atoms with Crippen LogP contribution in [0.2, 0.25) is 0 Å². The monoisotopic (exact) mass is 493 g/mol. The average Bonchev–Trinajstić information content (AvgIpc) is 2.84. The Labute approximate surface area is 212 Å². The molecule has 4 rings (SSSR count). The molecule has 0 bridgehead atoms. The summed E-state index contributed by atoms with van der Waals surface area (Å²) in [6.45, 7) is 9.72. The second-order valence-corrected chi connectivity index (χ2v) is 10.4. The Hall–Kier alpha value is -3.55. The molecule has 192 valence electrons. The molecule has 1 saturated heterocycles. The first kappa shape index (κ1) is 25.5. The van der Waals surface area contributed by atoms with E-state index < -0.39 is 11.7 Å². The first-order valence-electron chi connectivity index (χ1n) is 12.5. The maximum Gasteiger partial charge on any atom is 0.410 e. The molecule has 2 aliphatic heterocycles. The summed E-state index contributed by atoms with van der Waals surface area (Å²) in [5, 5.41) is 0. The van der Waals surface area contributed by atoms with Crippen molar-refractivity contribution in [3.05, 3.63) is 70.8 Å². The van der Waals surface area contributed by atoms with Gasteiger partial charge in [0.1, 0.15) is 18.8 Å². The smallest absolute Gasteiger partial charge is 0.410 e. The largest absolute Gasteiger partial charge is 0.445 e. The predicted octanol–water partition coefficient (Wildman–Crippen LogP) is 4.52. The van der Waals surface area contributed by atoms with Crippen LogP contribution in [0.25, 0.3) is 0 Å². The lowest BCUT2D eigenvalue weighted by Gasteiger charge is -2.38. The molecular formula is C28H35N3O5. The molecule has 8 nitrogen and oxygen atoms in total. The molecule has 3 amide bonds. The van der Waals surface area contributed by atoms with Crippen LogP contribution in [0.1, 0.15) is 56.0 Å². The van der Waals surface area contributed by atoms with Gasteiger partial charge in [0, 0.05) is 26.2 Å². The Morgan fingerprint density at radius 3 is 2.42 bits per heavy atom. The van der Waals surface area contributed by atoms with Gasteiger partial charge in [0.25, 0.3) is 0 Å². The van der Waals surface area contributed by atoms with Gasteiger partial charge in [-0.2, -0.15) is 0 Å². The van der Waals surface area contributed by atoms with Crippen LogP contribution in [0.5, 0.6) is 0 Å². The van der Waals surface area contributed by atoms with Gasteiger partial charge in [-0.15, -0.1) is 0 Å². The van der Waals surface area contributed by atoms with Crippen molar-refractivity contribution < 1.29 is 23.9 Å². The van der Waals surface area contributed by atoms with Crippen molar-refractivity contribution in [2.24, 2.45) is 0 Å². The van der Waals surface area contributed by atoms with Gasteiger partial charge in [0.15, 0.2) is 0 Å². The van der Waals surface area contributed by atoms with Gasteiger partial charge in [-0.3, -0.25) is 9.69 Å². The van der Waals surface area contributed by atoms with Crippen LogP contribution in [0, 0.1) is 0 Å². The molecule has 8 heteroatoms. The number of hydrogen-bond acceptors (Lipinski definition) is 5. The number of carbonyl (C=O) groups is 3. The summed E-state index contributed by atoms with van der Waals surface area (Å²) in [4.78, 5) is 43.1. The number of nitrogens with zero attached hydrogens (tertiary/aromatic N) is 3. The number of carbonyl (C=O) groups excluding carboxylic acids is 3. The molecule has 0 aromatic heterocycles. The molecule has 0 saturated carbocycles. The molecule has 0 aliphatic carbocycles. The highest BCUT2D eigenvalue weighted by Crippen LogP contribution is 2.33. The van der Waals surface area contributed by atoms with E-state index in [2.05, 4.69) is 0 Å². The van der Waals surface area contributed by atoms with E-state index in [1.165, 1.54) is 10.5 Å². The molecule has 2 aliphatic rings. The minimum absolute atomic E-state index is 0.00543. The molecule has 0 N–H and O–H groups in total. The van der Waals surface area contributed by atoms with Gasteiger partial charge in [0.05, 0.1) is 6.04 Å². The highest BCUT2D eigenvalue weighted by Gasteiger charge is 2.33. The van der Waals surface area contributed by atoms with Gasteiger partial charge in [0.2, 0.25) is 5.91 Å². The van der Waals surface area contributed by atoms with Crippen LogP contribution in [-0.2, 0) is 33.8 Å². The summed E-state index contributed by atoms with van der Waals surface area (Å²) < 4.78 is 11.0. The van der Waals surface area contributed by atoms with Gasteiger partial charge in [-0.1, -0.05) is 48.5 Å². The topological polar surface area (TPSA) is 79.4 Å². The second kappa shape index (κ2) is 10.6. The first-order valence-corrected chi connectivity index (χ1v) is 12.5. The highest BCUT2D eigenvalue weighted by atomic mass is 16.6. The molecule has 1 fully saturated rings. The summed E-state index contributed by atoms with van der Waals surface area (Å²) in [6.07, 6.45) is -0.0776. The maximum atomic E-state index is 12.9. The van der Waals surface area contributed by atoms with Crippen molar-refractivity contribution >= 4 is 18.1 Å². The molecule has 0 spiro atoms. The highest BCUT2D eigenvalue weighted by molar-refractivity contribution is 5.83. The maximum absolute atomic E-state index is 12.9. The van der Waals surface area contributed by atoms with E-state index in [0.29, 0.717) is 32.6 Å². The number of rotatable bonds is 4. The van der Waals surface area contributed by atoms with E-state index in [0.717, 1.165) is 16.7 Å². The Balaban J connectivity index is 1.36. The lowest BCUT2D eigenvalue weighted by Crippen LogP contribution is -2.52. The lowest BCUT2D eigenvalue weighted by atomic mass is 9.89. The van der Waals surface area contributed by atoms with E-state index in [4.69, 9.17) is 9.47 Å². The molecular weight excluding hydrogens is 458 g/mol. The van der Waals surface area contributed by atoms with Gasteiger partial charge < -0.3 is 19.3 Å². The molecule has 2 aromatic carbocycles. The van der Waals surface area contributed by atoms with Crippen molar-refractivity contribution in [1.29, 1.82) is 0 Å². The van der Waals surface area contributed by atoms with E-state index in [1.807, 2.05) is 76.2 Å². The quantitative estimate of drug-likeness (QED) is 0.626. The van der Waals surface area contributed by atoms with E-state index in [-0.39, 0.29) is 31.2 Å². The fraction of sp³-hybridized carbons (Fsp3) is 0.464. The number of fused-ring (bicyclic) bond motifs is 1. The summed E-state index contributed by atoms with van der Waals surface area (Å²) in [5.41, 5.74) is 3.71. The van der Waals surface area contributed by atoms with Crippen molar-refractivity contribution in [3.8, 4) is 0 Å². The van der Waals surface area contributed by atoms with Crippen molar-refractivity contribution in [2.45, 2.75) is 58.9 Å².